The van der Waals surface area contributed by atoms with Crippen molar-refractivity contribution in [3.63, 3.8) is 0 Å². The lowest BCUT2D eigenvalue weighted by atomic mass is 10.5. The Morgan fingerprint density at radius 3 is 2.64 bits per heavy atom. The summed E-state index contributed by atoms with van der Waals surface area (Å²) in [5.41, 5.74) is 12.0. The van der Waals surface area contributed by atoms with Crippen molar-refractivity contribution in [2.75, 3.05) is 17.3 Å². The van der Waals surface area contributed by atoms with Gasteiger partial charge in [0.25, 0.3) is 0 Å². The Morgan fingerprint density at radius 1 is 1.27 bits per heavy atom. The number of fused-ring (bicyclic) bond motifs is 1. The van der Waals surface area contributed by atoms with Crippen molar-refractivity contribution < 1.29 is 0 Å². The molecule has 0 bridgehead atoms. The van der Waals surface area contributed by atoms with Gasteiger partial charge in [-0.05, 0) is 12.1 Å². The number of thiophene rings is 1. The Labute approximate surface area is 67.2 Å². The minimum atomic E-state index is 0.561. The molecule has 0 aliphatic heterocycles. The van der Waals surface area contributed by atoms with E-state index < -0.39 is 0 Å². The van der Waals surface area contributed by atoms with Crippen LogP contribution >= 0.6 is 11.3 Å². The zero-order chi connectivity index (χ0) is 8.01. The standard InChI is InChI=1S/C6H8N4S/c7-5-2-4-3(10(5)9)1-6(8)11-4/h1-2H,7-9H2. The molecule has 5 heteroatoms. The fourth-order valence-electron chi connectivity index (χ4n) is 1.05. The van der Waals surface area contributed by atoms with Crippen molar-refractivity contribution in [3.05, 3.63) is 12.1 Å². The highest BCUT2D eigenvalue weighted by atomic mass is 32.1. The van der Waals surface area contributed by atoms with Crippen LogP contribution < -0.4 is 17.3 Å². The second-order valence-corrected chi connectivity index (χ2v) is 3.45. The topological polar surface area (TPSA) is 83.0 Å². The fraction of sp³-hybridized carbons (Fsp3) is 0. The van der Waals surface area contributed by atoms with Gasteiger partial charge < -0.3 is 17.3 Å². The molecule has 0 saturated carbocycles. The fourth-order valence-corrected chi connectivity index (χ4v) is 1.92. The zero-order valence-corrected chi connectivity index (χ0v) is 6.56. The predicted molar refractivity (Wildman–Crippen MR) is 48.8 cm³/mol. The summed E-state index contributed by atoms with van der Waals surface area (Å²) in [5.74, 6) is 6.16. The Balaban J connectivity index is 2.88. The van der Waals surface area contributed by atoms with Crippen LogP contribution in [0.2, 0.25) is 0 Å². The molecule has 0 unspecified atom stereocenters. The Morgan fingerprint density at radius 2 is 2.00 bits per heavy atom. The number of rotatable bonds is 0. The molecule has 0 atom stereocenters. The predicted octanol–water partition coefficient (Wildman–Crippen LogP) is 0.581. The van der Waals surface area contributed by atoms with Gasteiger partial charge in [0, 0.05) is 0 Å². The van der Waals surface area contributed by atoms with Crippen molar-refractivity contribution in [3.8, 4) is 0 Å². The van der Waals surface area contributed by atoms with Crippen LogP contribution in [0.5, 0.6) is 0 Å². The lowest BCUT2D eigenvalue weighted by molar-refractivity contribution is 1.08. The van der Waals surface area contributed by atoms with Gasteiger partial charge in [0.1, 0.15) is 5.82 Å². The maximum absolute atomic E-state index is 5.59. The average molecular weight is 168 g/mol. The van der Waals surface area contributed by atoms with Crippen LogP contribution in [0.4, 0.5) is 10.8 Å². The summed E-state index contributed by atoms with van der Waals surface area (Å²) in [4.78, 5) is 0. The van der Waals surface area contributed by atoms with Gasteiger partial charge in [-0.25, -0.2) is 4.68 Å². The molecule has 0 radical (unpaired) electrons. The van der Waals surface area contributed by atoms with E-state index in [1.165, 1.54) is 16.0 Å². The molecule has 2 heterocycles. The van der Waals surface area contributed by atoms with Crippen molar-refractivity contribution >= 4 is 32.4 Å². The van der Waals surface area contributed by atoms with E-state index in [-0.39, 0.29) is 0 Å². The number of nitrogen functional groups attached to an aromatic ring is 3. The number of hydrogen-bond acceptors (Lipinski definition) is 4. The first-order chi connectivity index (χ1) is 5.18. The third kappa shape index (κ3) is 0.743. The van der Waals surface area contributed by atoms with E-state index in [1.807, 2.05) is 12.1 Å². The lowest BCUT2D eigenvalue weighted by Gasteiger charge is -1.94. The van der Waals surface area contributed by atoms with E-state index in [0.29, 0.717) is 5.82 Å². The summed E-state index contributed by atoms with van der Waals surface area (Å²) >= 11 is 1.48. The zero-order valence-electron chi connectivity index (χ0n) is 5.74. The largest absolute Gasteiger partial charge is 0.391 e. The molecule has 11 heavy (non-hydrogen) atoms. The second-order valence-electron chi connectivity index (χ2n) is 2.34. The summed E-state index contributed by atoms with van der Waals surface area (Å²) in [6, 6.07) is 3.63. The summed E-state index contributed by atoms with van der Waals surface area (Å²) in [5, 5.41) is 0.759. The first kappa shape index (κ1) is 6.36. The SMILES string of the molecule is Nc1cc2c(cc(N)n2N)s1. The third-order valence-corrected chi connectivity index (χ3v) is 2.48. The first-order valence-corrected chi connectivity index (χ1v) is 3.91. The molecular weight excluding hydrogens is 160 g/mol. The molecule has 2 aromatic heterocycles. The first-order valence-electron chi connectivity index (χ1n) is 3.10. The van der Waals surface area contributed by atoms with Crippen molar-refractivity contribution in [2.45, 2.75) is 0 Å². The van der Waals surface area contributed by atoms with E-state index in [9.17, 15) is 0 Å². The van der Waals surface area contributed by atoms with Crippen molar-refractivity contribution in [2.24, 2.45) is 0 Å². The van der Waals surface area contributed by atoms with Gasteiger partial charge in [0.05, 0.1) is 15.2 Å². The molecule has 0 aromatic carbocycles. The molecule has 6 N–H and O–H groups in total. The highest BCUT2D eigenvalue weighted by Gasteiger charge is 2.05. The normalized spacial score (nSPS) is 10.9. The Kier molecular flexibility index (Phi) is 1.05. The molecule has 0 spiro atoms. The molecule has 2 rings (SSSR count). The highest BCUT2D eigenvalue weighted by Crippen LogP contribution is 2.29. The monoisotopic (exact) mass is 168 g/mol. The van der Waals surface area contributed by atoms with Gasteiger partial charge in [-0.2, -0.15) is 0 Å². The van der Waals surface area contributed by atoms with Crippen LogP contribution in [-0.2, 0) is 0 Å². The Bertz CT molecular complexity index is 400. The number of nitrogens with two attached hydrogens (primary N) is 3. The quantitative estimate of drug-likeness (QED) is 0.503. The molecule has 0 fully saturated rings. The van der Waals surface area contributed by atoms with Crippen molar-refractivity contribution in [1.82, 2.24) is 4.68 Å². The Hall–Kier alpha value is -1.36. The summed E-state index contributed by atoms with van der Waals surface area (Å²) in [6.45, 7) is 0. The van der Waals surface area contributed by atoms with Gasteiger partial charge >= 0.3 is 0 Å². The molecule has 0 amide bonds. The van der Waals surface area contributed by atoms with Gasteiger partial charge in [-0.15, -0.1) is 11.3 Å². The molecule has 0 aliphatic rings. The van der Waals surface area contributed by atoms with Crippen LogP contribution in [0.15, 0.2) is 12.1 Å². The van der Waals surface area contributed by atoms with Crippen LogP contribution in [0.3, 0.4) is 0 Å². The lowest BCUT2D eigenvalue weighted by Crippen LogP contribution is -2.10. The highest BCUT2D eigenvalue weighted by molar-refractivity contribution is 7.22. The van der Waals surface area contributed by atoms with E-state index in [0.717, 1.165) is 15.2 Å². The second kappa shape index (κ2) is 1.82. The number of hydrogen-bond donors (Lipinski definition) is 3. The molecular formula is C6H8N4S. The smallest absolute Gasteiger partial charge is 0.124 e. The van der Waals surface area contributed by atoms with E-state index in [4.69, 9.17) is 17.3 Å². The molecule has 0 aliphatic carbocycles. The van der Waals surface area contributed by atoms with E-state index in [1.54, 1.807) is 0 Å². The van der Waals surface area contributed by atoms with Crippen LogP contribution in [0, 0.1) is 0 Å². The third-order valence-electron chi connectivity index (χ3n) is 1.58. The number of nitrogens with zero attached hydrogens (tertiary/aromatic N) is 1. The molecule has 2 aromatic rings. The number of aromatic nitrogens is 1. The van der Waals surface area contributed by atoms with Crippen LogP contribution in [-0.4, -0.2) is 4.68 Å². The minimum Gasteiger partial charge on any atom is -0.391 e. The minimum absolute atomic E-state index is 0.561. The molecule has 0 saturated heterocycles. The van der Waals surface area contributed by atoms with Gasteiger partial charge in [-0.1, -0.05) is 0 Å². The molecule has 58 valence electrons. The van der Waals surface area contributed by atoms with Crippen LogP contribution in [0.1, 0.15) is 0 Å². The average Bonchev–Trinajstić information content (AvgIpc) is 2.37. The summed E-state index contributed by atoms with van der Waals surface area (Å²) in [6.07, 6.45) is 0. The maximum atomic E-state index is 5.59. The van der Waals surface area contributed by atoms with Gasteiger partial charge in [-0.3, -0.25) is 0 Å². The van der Waals surface area contributed by atoms with E-state index >= 15 is 0 Å². The van der Waals surface area contributed by atoms with E-state index in [2.05, 4.69) is 0 Å². The number of anilines is 2. The van der Waals surface area contributed by atoms with Gasteiger partial charge in [0.15, 0.2) is 0 Å². The van der Waals surface area contributed by atoms with Crippen molar-refractivity contribution in [1.29, 1.82) is 0 Å². The van der Waals surface area contributed by atoms with Gasteiger partial charge in [0.2, 0.25) is 0 Å². The maximum Gasteiger partial charge on any atom is 0.124 e. The summed E-state index contributed by atoms with van der Waals surface area (Å²) < 4.78 is 2.46. The molecule has 4 nitrogen and oxygen atoms in total. The van der Waals surface area contributed by atoms with Crippen LogP contribution in [0.25, 0.3) is 10.2 Å². The summed E-state index contributed by atoms with van der Waals surface area (Å²) in [7, 11) is 0.